The number of esters is 1. The van der Waals surface area contributed by atoms with Gasteiger partial charge < -0.3 is 9.84 Å². The van der Waals surface area contributed by atoms with Crippen molar-refractivity contribution in [3.63, 3.8) is 0 Å². The summed E-state index contributed by atoms with van der Waals surface area (Å²) in [5.41, 5.74) is 1.73. The van der Waals surface area contributed by atoms with E-state index in [4.69, 9.17) is 4.74 Å². The first kappa shape index (κ1) is 14.7. The van der Waals surface area contributed by atoms with E-state index < -0.39 is 0 Å². The number of ether oxygens (including phenoxy) is 1. The molecule has 5 heteroatoms. The molecule has 0 radical (unpaired) electrons. The Balaban J connectivity index is 1.97. The molecule has 1 aromatic carbocycles. The van der Waals surface area contributed by atoms with Crippen LogP contribution in [0.1, 0.15) is 18.9 Å². The number of hydrogen-bond acceptors (Lipinski definition) is 5. The van der Waals surface area contributed by atoms with Crippen LogP contribution in [0.3, 0.4) is 0 Å². The molecule has 1 aromatic heterocycles. The van der Waals surface area contributed by atoms with Gasteiger partial charge in [0.25, 0.3) is 0 Å². The third-order valence-corrected chi connectivity index (χ3v) is 3.86. The van der Waals surface area contributed by atoms with Crippen LogP contribution in [-0.4, -0.2) is 28.4 Å². The first-order valence-corrected chi connectivity index (χ1v) is 7.66. The number of aromatic nitrogens is 1. The van der Waals surface area contributed by atoms with Gasteiger partial charge in [-0.25, -0.2) is 0 Å². The molecule has 0 saturated heterocycles. The van der Waals surface area contributed by atoms with Crippen molar-refractivity contribution in [3.8, 4) is 5.75 Å². The van der Waals surface area contributed by atoms with E-state index in [0.29, 0.717) is 18.5 Å². The highest BCUT2D eigenvalue weighted by Gasteiger charge is 2.07. The predicted molar refractivity (Wildman–Crippen MR) is 80.8 cm³/mol. The van der Waals surface area contributed by atoms with E-state index in [2.05, 4.69) is 4.98 Å². The lowest BCUT2D eigenvalue weighted by Crippen LogP contribution is -2.04. The number of phenols is 1. The van der Waals surface area contributed by atoms with Gasteiger partial charge in [-0.05, 0) is 24.6 Å². The maximum Gasteiger partial charge on any atom is 0.306 e. The minimum Gasteiger partial charge on any atom is -0.506 e. The lowest BCUT2D eigenvalue weighted by molar-refractivity contribution is -0.142. The first-order valence-electron chi connectivity index (χ1n) is 6.51. The van der Waals surface area contributed by atoms with E-state index in [1.54, 1.807) is 30.9 Å². The number of benzene rings is 1. The molecule has 0 aliphatic carbocycles. The van der Waals surface area contributed by atoms with E-state index in [1.165, 1.54) is 0 Å². The molecule has 20 heavy (non-hydrogen) atoms. The monoisotopic (exact) mass is 291 g/mol. The van der Waals surface area contributed by atoms with Gasteiger partial charge in [-0.2, -0.15) is 11.8 Å². The molecular weight excluding hydrogens is 274 g/mol. The molecule has 2 rings (SSSR count). The van der Waals surface area contributed by atoms with Gasteiger partial charge in [-0.3, -0.25) is 9.78 Å². The molecule has 0 bridgehead atoms. The molecular formula is C15H17NO3S. The van der Waals surface area contributed by atoms with Crippen LogP contribution in [0.25, 0.3) is 10.9 Å². The largest absolute Gasteiger partial charge is 0.506 e. The SMILES string of the molecule is CCOC(=O)CCSCc1ccc(O)c2ncccc12. The Labute approximate surface area is 122 Å². The van der Waals surface area contributed by atoms with Crippen molar-refractivity contribution in [2.24, 2.45) is 0 Å². The van der Waals surface area contributed by atoms with Gasteiger partial charge in [0, 0.05) is 23.1 Å². The van der Waals surface area contributed by atoms with Crippen molar-refractivity contribution >= 4 is 28.6 Å². The molecule has 0 atom stereocenters. The summed E-state index contributed by atoms with van der Waals surface area (Å²) in [6.07, 6.45) is 2.09. The Morgan fingerprint density at radius 1 is 1.40 bits per heavy atom. The third kappa shape index (κ3) is 3.63. The normalized spacial score (nSPS) is 10.7. The molecule has 0 fully saturated rings. The van der Waals surface area contributed by atoms with E-state index >= 15 is 0 Å². The van der Waals surface area contributed by atoms with Gasteiger partial charge in [0.2, 0.25) is 0 Å². The van der Waals surface area contributed by atoms with Gasteiger partial charge in [-0.1, -0.05) is 12.1 Å². The van der Waals surface area contributed by atoms with Crippen molar-refractivity contribution in [1.82, 2.24) is 4.98 Å². The zero-order chi connectivity index (χ0) is 14.4. The van der Waals surface area contributed by atoms with Gasteiger partial charge in [0.05, 0.1) is 13.0 Å². The van der Waals surface area contributed by atoms with E-state index in [0.717, 1.165) is 22.5 Å². The molecule has 0 aliphatic rings. The van der Waals surface area contributed by atoms with E-state index in [1.807, 2.05) is 18.2 Å². The minimum absolute atomic E-state index is 0.155. The quantitative estimate of drug-likeness (QED) is 0.654. The highest BCUT2D eigenvalue weighted by molar-refractivity contribution is 7.98. The number of hydrogen-bond donors (Lipinski definition) is 1. The predicted octanol–water partition coefficient (Wildman–Crippen LogP) is 3.13. The van der Waals surface area contributed by atoms with Gasteiger partial charge in [0.1, 0.15) is 11.3 Å². The fourth-order valence-electron chi connectivity index (χ4n) is 1.91. The lowest BCUT2D eigenvalue weighted by Gasteiger charge is -2.07. The third-order valence-electron chi connectivity index (χ3n) is 2.85. The molecule has 1 N–H and O–H groups in total. The van der Waals surface area contributed by atoms with Crippen LogP contribution in [0.2, 0.25) is 0 Å². The molecule has 106 valence electrons. The summed E-state index contributed by atoms with van der Waals surface area (Å²) >= 11 is 1.67. The van der Waals surface area contributed by atoms with Gasteiger partial charge in [0.15, 0.2) is 0 Å². The van der Waals surface area contributed by atoms with Gasteiger partial charge >= 0.3 is 5.97 Å². The van der Waals surface area contributed by atoms with Crippen LogP contribution in [0.4, 0.5) is 0 Å². The minimum atomic E-state index is -0.155. The topological polar surface area (TPSA) is 59.4 Å². The average Bonchev–Trinajstić information content (AvgIpc) is 2.46. The molecule has 0 amide bonds. The van der Waals surface area contributed by atoms with Crippen LogP contribution in [0.15, 0.2) is 30.5 Å². The molecule has 4 nitrogen and oxygen atoms in total. The molecule has 0 aliphatic heterocycles. The van der Waals surface area contributed by atoms with Crippen LogP contribution >= 0.6 is 11.8 Å². The highest BCUT2D eigenvalue weighted by atomic mass is 32.2. The van der Waals surface area contributed by atoms with Crippen molar-refractivity contribution in [3.05, 3.63) is 36.0 Å². The number of carbonyl (C=O) groups is 1. The number of rotatable bonds is 6. The summed E-state index contributed by atoms with van der Waals surface area (Å²) in [5.74, 6) is 1.54. The van der Waals surface area contributed by atoms with Crippen molar-refractivity contribution < 1.29 is 14.6 Å². The molecule has 0 unspecified atom stereocenters. The Hall–Kier alpha value is -1.75. The summed E-state index contributed by atoms with van der Waals surface area (Å²) in [6, 6.07) is 7.37. The maximum absolute atomic E-state index is 11.2. The first-order chi connectivity index (χ1) is 9.72. The average molecular weight is 291 g/mol. The number of carbonyl (C=O) groups excluding carboxylic acids is 1. The number of phenolic OH excluding ortho intramolecular Hbond substituents is 1. The standard InChI is InChI=1S/C15H17NO3S/c1-2-19-14(18)7-9-20-10-11-5-6-13(17)15-12(11)4-3-8-16-15/h3-6,8,17H,2,7,9-10H2,1H3. The van der Waals surface area contributed by atoms with Gasteiger partial charge in [-0.15, -0.1) is 0 Å². The summed E-state index contributed by atoms with van der Waals surface area (Å²) < 4.78 is 4.88. The van der Waals surface area contributed by atoms with E-state index in [9.17, 15) is 9.90 Å². The van der Waals surface area contributed by atoms with Crippen molar-refractivity contribution in [2.45, 2.75) is 19.1 Å². The molecule has 0 spiro atoms. The Kier molecular flexibility index (Phi) is 5.24. The number of fused-ring (bicyclic) bond motifs is 1. The second-order valence-electron chi connectivity index (χ2n) is 4.25. The lowest BCUT2D eigenvalue weighted by atomic mass is 10.1. The maximum atomic E-state index is 11.2. The summed E-state index contributed by atoms with van der Waals surface area (Å²) in [5, 5.41) is 10.7. The summed E-state index contributed by atoms with van der Waals surface area (Å²) in [7, 11) is 0. The zero-order valence-corrected chi connectivity index (χ0v) is 12.2. The van der Waals surface area contributed by atoms with Crippen LogP contribution < -0.4 is 0 Å². The Morgan fingerprint density at radius 2 is 2.25 bits per heavy atom. The fourth-order valence-corrected chi connectivity index (χ4v) is 2.84. The fraction of sp³-hybridized carbons (Fsp3) is 0.333. The zero-order valence-electron chi connectivity index (χ0n) is 11.3. The number of thioether (sulfide) groups is 1. The van der Waals surface area contributed by atoms with Crippen LogP contribution in [0, 0.1) is 0 Å². The van der Waals surface area contributed by atoms with Crippen molar-refractivity contribution in [2.75, 3.05) is 12.4 Å². The van der Waals surface area contributed by atoms with Crippen molar-refractivity contribution in [1.29, 1.82) is 0 Å². The highest BCUT2D eigenvalue weighted by Crippen LogP contribution is 2.28. The molecule has 1 heterocycles. The van der Waals surface area contributed by atoms with Crippen LogP contribution in [-0.2, 0) is 15.3 Å². The second-order valence-corrected chi connectivity index (χ2v) is 5.36. The Bertz CT molecular complexity index is 601. The Morgan fingerprint density at radius 3 is 3.05 bits per heavy atom. The second kappa shape index (κ2) is 7.14. The van der Waals surface area contributed by atoms with E-state index in [-0.39, 0.29) is 11.7 Å². The molecule has 0 saturated carbocycles. The number of aromatic hydroxyl groups is 1. The number of pyridine rings is 1. The smallest absolute Gasteiger partial charge is 0.306 e. The number of nitrogens with zero attached hydrogens (tertiary/aromatic N) is 1. The summed E-state index contributed by atoms with van der Waals surface area (Å²) in [4.78, 5) is 15.4. The summed E-state index contributed by atoms with van der Waals surface area (Å²) in [6.45, 7) is 2.23. The van der Waals surface area contributed by atoms with Crippen LogP contribution in [0.5, 0.6) is 5.75 Å². The molecule has 2 aromatic rings.